The Balaban J connectivity index is 2.20. The van der Waals surface area contributed by atoms with Crippen molar-refractivity contribution in [2.24, 2.45) is 0 Å². The van der Waals surface area contributed by atoms with Gasteiger partial charge in [-0.1, -0.05) is 97.6 Å². The average molecular weight is 391 g/mol. The molecule has 1 rings (SSSR count). The van der Waals surface area contributed by atoms with Crippen LogP contribution < -0.4 is 0 Å². The summed E-state index contributed by atoms with van der Waals surface area (Å²) in [7, 11) is 0. The highest BCUT2D eigenvalue weighted by Gasteiger charge is 2.22. The van der Waals surface area contributed by atoms with E-state index in [1.165, 1.54) is 51.4 Å². The number of ether oxygens (including phenoxy) is 1. The first-order valence-electron chi connectivity index (χ1n) is 11.4. The maximum absolute atomic E-state index is 12.1. The van der Waals surface area contributed by atoms with Crippen LogP contribution in [0.2, 0.25) is 0 Å². The molecular formula is C25H42O3. The molecule has 0 unspecified atom stereocenters. The Morgan fingerprint density at radius 2 is 1.50 bits per heavy atom. The normalized spacial score (nSPS) is 11.6. The minimum atomic E-state index is -0.179. The van der Waals surface area contributed by atoms with E-state index in [1.807, 2.05) is 12.1 Å². The molecule has 0 spiro atoms. The number of hydrogen-bond donors (Lipinski definition) is 1. The van der Waals surface area contributed by atoms with Gasteiger partial charge in [-0.2, -0.15) is 0 Å². The molecule has 1 aromatic carbocycles. The van der Waals surface area contributed by atoms with E-state index in [-0.39, 0.29) is 17.8 Å². The van der Waals surface area contributed by atoms with Crippen molar-refractivity contribution in [3.63, 3.8) is 0 Å². The predicted molar refractivity (Wildman–Crippen MR) is 118 cm³/mol. The van der Waals surface area contributed by atoms with Gasteiger partial charge >= 0.3 is 5.97 Å². The van der Waals surface area contributed by atoms with Gasteiger partial charge < -0.3 is 9.84 Å². The second-order valence-corrected chi connectivity index (χ2v) is 8.67. The molecule has 0 aliphatic rings. The zero-order valence-corrected chi connectivity index (χ0v) is 18.7. The number of rotatable bonds is 15. The van der Waals surface area contributed by atoms with Crippen LogP contribution in [-0.4, -0.2) is 17.7 Å². The first-order valence-corrected chi connectivity index (χ1v) is 11.4. The molecule has 3 heteroatoms. The summed E-state index contributed by atoms with van der Waals surface area (Å²) in [6, 6.07) is 5.45. The molecule has 0 saturated heterocycles. The van der Waals surface area contributed by atoms with Crippen LogP contribution in [0.15, 0.2) is 18.2 Å². The molecule has 0 fully saturated rings. The van der Waals surface area contributed by atoms with E-state index in [9.17, 15) is 9.90 Å². The Morgan fingerprint density at radius 3 is 2.07 bits per heavy atom. The Kier molecular flexibility index (Phi) is 11.9. The van der Waals surface area contributed by atoms with Crippen LogP contribution in [0.4, 0.5) is 0 Å². The van der Waals surface area contributed by atoms with E-state index >= 15 is 0 Å². The topological polar surface area (TPSA) is 46.5 Å². The van der Waals surface area contributed by atoms with E-state index in [0.717, 1.165) is 30.4 Å². The van der Waals surface area contributed by atoms with Crippen molar-refractivity contribution in [1.82, 2.24) is 0 Å². The Labute approximate surface area is 172 Å². The lowest BCUT2D eigenvalue weighted by atomic mass is 9.81. The number of phenols is 1. The highest BCUT2D eigenvalue weighted by atomic mass is 16.5. The zero-order chi connectivity index (χ0) is 20.8. The second kappa shape index (κ2) is 13.6. The van der Waals surface area contributed by atoms with Gasteiger partial charge in [0.25, 0.3) is 0 Å². The first kappa shape index (κ1) is 24.5. The van der Waals surface area contributed by atoms with Crippen LogP contribution in [0.3, 0.4) is 0 Å². The van der Waals surface area contributed by atoms with Crippen LogP contribution in [0.5, 0.6) is 5.75 Å². The van der Waals surface area contributed by atoms with Gasteiger partial charge in [0.05, 0.1) is 13.0 Å². The molecule has 0 aliphatic heterocycles. The third-order valence-corrected chi connectivity index (χ3v) is 5.78. The van der Waals surface area contributed by atoms with Crippen molar-refractivity contribution in [2.75, 3.05) is 6.61 Å². The summed E-state index contributed by atoms with van der Waals surface area (Å²) in [5.74, 6) is 0.121. The fourth-order valence-corrected chi connectivity index (χ4v) is 3.42. The van der Waals surface area contributed by atoms with Crippen molar-refractivity contribution >= 4 is 5.97 Å². The number of esters is 1. The summed E-state index contributed by atoms with van der Waals surface area (Å²) in [6.07, 6.45) is 13.9. The molecule has 0 aliphatic carbocycles. The molecule has 0 heterocycles. The largest absolute Gasteiger partial charge is 0.508 e. The lowest BCUT2D eigenvalue weighted by molar-refractivity contribution is -0.142. The third-order valence-electron chi connectivity index (χ3n) is 5.78. The monoisotopic (exact) mass is 390 g/mol. The highest BCUT2D eigenvalue weighted by Crippen LogP contribution is 2.34. The minimum Gasteiger partial charge on any atom is -0.508 e. The predicted octanol–water partition coefficient (Wildman–Crippen LogP) is 7.09. The molecule has 1 N–H and O–H groups in total. The number of carbonyl (C=O) groups excluding carboxylic acids is 1. The molecular weight excluding hydrogens is 348 g/mol. The quantitative estimate of drug-likeness (QED) is 0.257. The molecule has 160 valence electrons. The van der Waals surface area contributed by atoms with Crippen molar-refractivity contribution in [3.8, 4) is 5.75 Å². The minimum absolute atomic E-state index is 0.111. The first-order chi connectivity index (χ1) is 13.4. The average Bonchev–Trinajstić information content (AvgIpc) is 2.67. The Hall–Kier alpha value is -1.51. The van der Waals surface area contributed by atoms with Gasteiger partial charge in [-0.05, 0) is 35.4 Å². The maximum atomic E-state index is 12.1. The van der Waals surface area contributed by atoms with E-state index in [4.69, 9.17) is 4.74 Å². The number of phenolic OH excluding ortho intramolecular Hbond substituents is 1. The SMILES string of the molecule is CCCCCCCCCCCCOC(=O)Cc1ccc(O)c(C(C)(C)CC)c1. The molecule has 28 heavy (non-hydrogen) atoms. The maximum Gasteiger partial charge on any atom is 0.310 e. The standard InChI is InChI=1S/C25H42O3/c1-5-7-8-9-10-11-12-13-14-15-18-28-24(27)20-21-16-17-23(26)22(19-21)25(3,4)6-2/h16-17,19,26H,5-15,18,20H2,1-4H3. The summed E-state index contributed by atoms with van der Waals surface area (Å²) in [4.78, 5) is 12.1. The molecule has 0 radical (unpaired) electrons. The van der Waals surface area contributed by atoms with Crippen molar-refractivity contribution in [3.05, 3.63) is 29.3 Å². The second-order valence-electron chi connectivity index (χ2n) is 8.67. The van der Waals surface area contributed by atoms with Gasteiger partial charge in [0.2, 0.25) is 0 Å². The molecule has 0 amide bonds. The number of aromatic hydroxyl groups is 1. The van der Waals surface area contributed by atoms with Gasteiger partial charge in [0, 0.05) is 0 Å². The molecule has 3 nitrogen and oxygen atoms in total. The number of unbranched alkanes of at least 4 members (excludes halogenated alkanes) is 9. The Bertz CT molecular complexity index is 563. The van der Waals surface area contributed by atoms with Crippen LogP contribution in [0.25, 0.3) is 0 Å². The van der Waals surface area contributed by atoms with Crippen LogP contribution in [-0.2, 0) is 21.4 Å². The smallest absolute Gasteiger partial charge is 0.310 e. The summed E-state index contributed by atoms with van der Waals surface area (Å²) in [5, 5.41) is 10.1. The van der Waals surface area contributed by atoms with Crippen LogP contribution >= 0.6 is 0 Å². The van der Waals surface area contributed by atoms with Crippen molar-refractivity contribution in [1.29, 1.82) is 0 Å². The van der Waals surface area contributed by atoms with E-state index in [1.54, 1.807) is 6.07 Å². The summed E-state index contributed by atoms with van der Waals surface area (Å²) < 4.78 is 5.40. The Morgan fingerprint density at radius 1 is 0.929 bits per heavy atom. The van der Waals surface area contributed by atoms with E-state index < -0.39 is 0 Å². The third kappa shape index (κ3) is 9.61. The van der Waals surface area contributed by atoms with Crippen LogP contribution in [0.1, 0.15) is 109 Å². The van der Waals surface area contributed by atoms with Gasteiger partial charge in [-0.25, -0.2) is 0 Å². The van der Waals surface area contributed by atoms with E-state index in [2.05, 4.69) is 27.7 Å². The van der Waals surface area contributed by atoms with Crippen molar-refractivity contribution in [2.45, 2.75) is 110 Å². The lowest BCUT2D eigenvalue weighted by Gasteiger charge is -2.25. The van der Waals surface area contributed by atoms with Gasteiger partial charge in [0.1, 0.15) is 5.75 Å². The number of carbonyl (C=O) groups is 1. The van der Waals surface area contributed by atoms with Crippen molar-refractivity contribution < 1.29 is 14.6 Å². The molecule has 1 aromatic rings. The van der Waals surface area contributed by atoms with Gasteiger partial charge in [0.15, 0.2) is 0 Å². The van der Waals surface area contributed by atoms with Gasteiger partial charge in [-0.15, -0.1) is 0 Å². The number of hydrogen-bond acceptors (Lipinski definition) is 3. The number of benzene rings is 1. The highest BCUT2D eigenvalue weighted by molar-refractivity contribution is 5.72. The van der Waals surface area contributed by atoms with Crippen LogP contribution in [0, 0.1) is 0 Å². The zero-order valence-electron chi connectivity index (χ0n) is 18.7. The molecule has 0 atom stereocenters. The summed E-state index contributed by atoms with van der Waals surface area (Å²) in [5.41, 5.74) is 1.69. The fourth-order valence-electron chi connectivity index (χ4n) is 3.42. The molecule has 0 aromatic heterocycles. The van der Waals surface area contributed by atoms with E-state index in [0.29, 0.717) is 12.4 Å². The molecule has 0 bridgehead atoms. The lowest BCUT2D eigenvalue weighted by Crippen LogP contribution is -2.16. The fraction of sp³-hybridized carbons (Fsp3) is 0.720. The van der Waals surface area contributed by atoms with Gasteiger partial charge in [-0.3, -0.25) is 4.79 Å². The summed E-state index contributed by atoms with van der Waals surface area (Å²) in [6.45, 7) is 9.08. The molecule has 0 saturated carbocycles. The summed E-state index contributed by atoms with van der Waals surface area (Å²) >= 11 is 0.